The number of allylic oxidation sites excluding steroid dienone is 1. The molecule has 2 aliphatic carbocycles. The van der Waals surface area contributed by atoms with Crippen LogP contribution in [-0.4, -0.2) is 11.4 Å². The van der Waals surface area contributed by atoms with Gasteiger partial charge < -0.3 is 4.90 Å². The molecule has 0 amide bonds. The quantitative estimate of drug-likeness (QED) is 0.565. The van der Waals surface area contributed by atoms with Gasteiger partial charge in [-0.2, -0.15) is 5.26 Å². The lowest BCUT2D eigenvalue weighted by Crippen LogP contribution is -2.34. The van der Waals surface area contributed by atoms with Crippen LogP contribution in [-0.2, 0) is 6.42 Å². The molecule has 3 atom stereocenters. The largest absolute Gasteiger partial charge is 0.368 e. The van der Waals surface area contributed by atoms with E-state index >= 15 is 0 Å². The molecule has 4 rings (SSSR count). The summed E-state index contributed by atoms with van der Waals surface area (Å²) in [4.78, 5) is 2.47. The molecule has 0 spiro atoms. The minimum absolute atomic E-state index is 0.314. The van der Waals surface area contributed by atoms with Crippen molar-refractivity contribution >= 4 is 0 Å². The average molecular weight is 379 g/mol. The lowest BCUT2D eigenvalue weighted by molar-refractivity contribution is 0.175. The summed E-state index contributed by atoms with van der Waals surface area (Å²) in [5.41, 5.74) is 5.87. The monoisotopic (exact) mass is 378 g/mol. The third kappa shape index (κ3) is 4.45. The van der Waals surface area contributed by atoms with Gasteiger partial charge >= 0.3 is 0 Å². The van der Waals surface area contributed by atoms with Gasteiger partial charge in [0.25, 0.3) is 0 Å². The first kappa shape index (κ1) is 21.0. The highest BCUT2D eigenvalue weighted by atomic mass is 15.2. The zero-order valence-corrected chi connectivity index (χ0v) is 18.6. The molecule has 2 nitrogen and oxygen atoms in total. The van der Waals surface area contributed by atoms with Crippen molar-refractivity contribution in [3.63, 3.8) is 0 Å². The van der Waals surface area contributed by atoms with Crippen LogP contribution < -0.4 is 0 Å². The fraction of sp³-hybridized carbons (Fsp3) is 0.654. The predicted molar refractivity (Wildman–Crippen MR) is 118 cm³/mol. The molecule has 1 aromatic carbocycles. The molecule has 1 aromatic rings. The molecule has 3 aliphatic rings. The Morgan fingerprint density at radius 2 is 1.96 bits per heavy atom. The second-order valence-electron chi connectivity index (χ2n) is 10.5. The fourth-order valence-corrected chi connectivity index (χ4v) is 5.33. The molecule has 1 saturated heterocycles. The van der Waals surface area contributed by atoms with Crippen molar-refractivity contribution in [2.24, 2.45) is 16.7 Å². The molecule has 3 unspecified atom stereocenters. The molecular formula is C26H38N2. The number of benzene rings is 1. The van der Waals surface area contributed by atoms with Gasteiger partial charge in [-0.25, -0.2) is 0 Å². The number of nitriles is 1. The summed E-state index contributed by atoms with van der Waals surface area (Å²) >= 11 is 0. The Morgan fingerprint density at radius 3 is 2.46 bits per heavy atom. The van der Waals surface area contributed by atoms with Gasteiger partial charge in [0.2, 0.25) is 0 Å². The second-order valence-corrected chi connectivity index (χ2v) is 10.5. The molecule has 0 radical (unpaired) electrons. The zero-order chi connectivity index (χ0) is 20.5. The number of nitrogens with zero attached hydrogens (tertiary/aromatic N) is 2. The van der Waals surface area contributed by atoms with Crippen LogP contribution in [0.4, 0.5) is 0 Å². The van der Waals surface area contributed by atoms with Crippen molar-refractivity contribution in [3.05, 3.63) is 47.2 Å². The Hall–Kier alpha value is -1.75. The van der Waals surface area contributed by atoms with Crippen LogP contribution in [0.2, 0.25) is 0 Å². The normalized spacial score (nSPS) is 30.1. The first-order chi connectivity index (χ1) is 13.2. The third-order valence-electron chi connectivity index (χ3n) is 7.32. The van der Waals surface area contributed by atoms with E-state index in [1.165, 1.54) is 42.5 Å². The Balaban J connectivity index is 0.000000236. The minimum Gasteiger partial charge on any atom is -0.368 e. The molecule has 1 saturated carbocycles. The van der Waals surface area contributed by atoms with E-state index in [0.29, 0.717) is 11.5 Å². The molecule has 2 fully saturated rings. The van der Waals surface area contributed by atoms with Crippen molar-refractivity contribution in [2.75, 3.05) is 6.54 Å². The van der Waals surface area contributed by atoms with Crippen LogP contribution in [0, 0.1) is 28.1 Å². The molecule has 2 heteroatoms. The molecule has 28 heavy (non-hydrogen) atoms. The van der Waals surface area contributed by atoms with Crippen LogP contribution in [0.5, 0.6) is 0 Å². The summed E-state index contributed by atoms with van der Waals surface area (Å²) in [5, 5.41) is 9.16. The van der Waals surface area contributed by atoms with E-state index in [4.69, 9.17) is 5.26 Å². The number of hydrogen-bond acceptors (Lipinski definition) is 2. The van der Waals surface area contributed by atoms with Gasteiger partial charge in [-0.15, -0.1) is 0 Å². The zero-order valence-electron chi connectivity index (χ0n) is 18.6. The SMILES string of the molecule is C=C1CCCN1C1CC(C)(C)Cc2ccc(C#N)cc21.CCCC1(C)CC1C. The summed E-state index contributed by atoms with van der Waals surface area (Å²) in [5.74, 6) is 1.02. The highest BCUT2D eigenvalue weighted by Gasteiger charge is 2.45. The van der Waals surface area contributed by atoms with Gasteiger partial charge in [-0.3, -0.25) is 0 Å². The number of fused-ring (bicyclic) bond motifs is 1. The van der Waals surface area contributed by atoms with E-state index in [-0.39, 0.29) is 0 Å². The summed E-state index contributed by atoms with van der Waals surface area (Å²) in [6, 6.07) is 8.89. The fourth-order valence-electron chi connectivity index (χ4n) is 5.33. The van der Waals surface area contributed by atoms with Crippen molar-refractivity contribution in [3.8, 4) is 6.07 Å². The van der Waals surface area contributed by atoms with E-state index in [2.05, 4.69) is 64.3 Å². The van der Waals surface area contributed by atoms with Gasteiger partial charge in [0.05, 0.1) is 17.7 Å². The molecular weight excluding hydrogens is 340 g/mol. The van der Waals surface area contributed by atoms with Crippen molar-refractivity contribution < 1.29 is 0 Å². The molecule has 0 N–H and O–H groups in total. The van der Waals surface area contributed by atoms with Gasteiger partial charge in [0.15, 0.2) is 0 Å². The minimum atomic E-state index is 0.314. The summed E-state index contributed by atoms with van der Waals surface area (Å²) in [7, 11) is 0. The van der Waals surface area contributed by atoms with E-state index in [1.54, 1.807) is 0 Å². The maximum absolute atomic E-state index is 9.16. The first-order valence-electron chi connectivity index (χ1n) is 11.2. The molecule has 1 aliphatic heterocycles. The van der Waals surface area contributed by atoms with Crippen LogP contribution in [0.3, 0.4) is 0 Å². The highest BCUT2D eigenvalue weighted by Crippen LogP contribution is 2.54. The highest BCUT2D eigenvalue weighted by molar-refractivity contribution is 5.42. The van der Waals surface area contributed by atoms with Crippen molar-refractivity contribution in [2.45, 2.75) is 85.6 Å². The topological polar surface area (TPSA) is 27.0 Å². The Kier molecular flexibility index (Phi) is 5.95. The van der Waals surface area contributed by atoms with Gasteiger partial charge in [0.1, 0.15) is 0 Å². The van der Waals surface area contributed by atoms with E-state index < -0.39 is 0 Å². The van der Waals surface area contributed by atoms with Gasteiger partial charge in [-0.05, 0) is 78.5 Å². The molecule has 0 bridgehead atoms. The Bertz CT molecular complexity index is 769. The molecule has 152 valence electrons. The lowest BCUT2D eigenvalue weighted by Gasteiger charge is -2.42. The maximum atomic E-state index is 9.16. The Morgan fingerprint density at radius 1 is 1.25 bits per heavy atom. The van der Waals surface area contributed by atoms with E-state index in [9.17, 15) is 0 Å². The van der Waals surface area contributed by atoms with E-state index in [0.717, 1.165) is 42.7 Å². The summed E-state index contributed by atoms with van der Waals surface area (Å²) < 4.78 is 0. The predicted octanol–water partition coefficient (Wildman–Crippen LogP) is 7.01. The van der Waals surface area contributed by atoms with Crippen LogP contribution in [0.1, 0.15) is 95.9 Å². The number of hydrogen-bond donors (Lipinski definition) is 0. The Labute approximate surface area is 172 Å². The standard InChI is InChI=1S/C18H22N2.C8H16/c1-13-5-4-8-20(13)17-11-18(2,3)10-15-7-6-14(12-19)9-16(15)17;1-4-5-8(3)6-7(8)2/h6-7,9,17H,1,4-5,8,10-11H2,2-3H3;7H,4-6H2,1-3H3. The maximum Gasteiger partial charge on any atom is 0.0991 e. The van der Waals surface area contributed by atoms with Crippen molar-refractivity contribution in [1.29, 1.82) is 5.26 Å². The van der Waals surface area contributed by atoms with Crippen LogP contribution >= 0.6 is 0 Å². The van der Waals surface area contributed by atoms with E-state index in [1.807, 2.05) is 6.07 Å². The smallest absolute Gasteiger partial charge is 0.0991 e. The van der Waals surface area contributed by atoms with Gasteiger partial charge in [-0.1, -0.05) is 53.7 Å². The summed E-state index contributed by atoms with van der Waals surface area (Å²) in [6.07, 6.45) is 8.85. The molecule has 0 aromatic heterocycles. The average Bonchev–Trinajstić information content (AvgIpc) is 3.01. The van der Waals surface area contributed by atoms with Crippen molar-refractivity contribution in [1.82, 2.24) is 4.90 Å². The second kappa shape index (κ2) is 7.94. The third-order valence-corrected chi connectivity index (χ3v) is 7.32. The molecule has 1 heterocycles. The first-order valence-corrected chi connectivity index (χ1v) is 11.2. The summed E-state index contributed by atoms with van der Waals surface area (Å²) in [6.45, 7) is 17.1. The van der Waals surface area contributed by atoms with Crippen LogP contribution in [0.25, 0.3) is 0 Å². The number of rotatable bonds is 3. The van der Waals surface area contributed by atoms with Crippen LogP contribution in [0.15, 0.2) is 30.5 Å². The lowest BCUT2D eigenvalue weighted by atomic mass is 9.71. The van der Waals surface area contributed by atoms with Gasteiger partial charge in [0, 0.05) is 12.2 Å². The number of likely N-dealkylation sites (tertiary alicyclic amines) is 1.